The number of nitrogens with zero attached hydrogens (tertiary/aromatic N) is 1. The van der Waals surface area contributed by atoms with E-state index in [1.54, 1.807) is 0 Å². The topological polar surface area (TPSA) is 24.4 Å². The van der Waals surface area contributed by atoms with Crippen molar-refractivity contribution in [2.24, 2.45) is 5.10 Å². The molecule has 58 valence electrons. The molecule has 0 unspecified atom stereocenters. The van der Waals surface area contributed by atoms with E-state index >= 15 is 0 Å². The monoisotopic (exact) mass is 148 g/mol. The van der Waals surface area contributed by atoms with E-state index in [0.29, 0.717) is 0 Å². The van der Waals surface area contributed by atoms with Crippen LogP contribution in [-0.2, 0) is 0 Å². The van der Waals surface area contributed by atoms with Gasteiger partial charge < -0.3 is 0 Å². The molecular weight excluding hydrogens is 136 g/mol. The third-order valence-corrected chi connectivity index (χ3v) is 1.59. The maximum Gasteiger partial charge on any atom is 0.0593 e. The summed E-state index contributed by atoms with van der Waals surface area (Å²) in [5.74, 6) is 0. The molecule has 11 heavy (non-hydrogen) atoms. The fraction of sp³-hybridized carbons (Fsp3) is 0.222. The Kier molecular flexibility index (Phi) is 2.26. The van der Waals surface area contributed by atoms with Crippen LogP contribution in [0.25, 0.3) is 0 Å². The maximum atomic E-state index is 3.61. The molecule has 0 fully saturated rings. The summed E-state index contributed by atoms with van der Waals surface area (Å²) in [5.41, 5.74) is 6.27. The Bertz CT molecular complexity index is 266. The molecule has 1 N–H and O–H groups in total. The van der Waals surface area contributed by atoms with Crippen molar-refractivity contribution in [3.63, 3.8) is 0 Å². The summed E-state index contributed by atoms with van der Waals surface area (Å²) in [6, 6.07) is 6.18. The van der Waals surface area contributed by atoms with Gasteiger partial charge in [-0.3, -0.25) is 5.43 Å². The third kappa shape index (κ3) is 1.80. The zero-order chi connectivity index (χ0) is 8.27. The second kappa shape index (κ2) is 3.19. The summed E-state index contributed by atoms with van der Waals surface area (Å²) in [4.78, 5) is 0. The van der Waals surface area contributed by atoms with Gasteiger partial charge in [-0.2, -0.15) is 5.10 Å². The average molecular weight is 148 g/mol. The third-order valence-electron chi connectivity index (χ3n) is 1.59. The largest absolute Gasteiger partial charge is 0.279 e. The number of benzene rings is 1. The quantitative estimate of drug-likeness (QED) is 0.505. The minimum atomic E-state index is 1.03. The van der Waals surface area contributed by atoms with Gasteiger partial charge in [0, 0.05) is 6.72 Å². The van der Waals surface area contributed by atoms with Gasteiger partial charge >= 0.3 is 0 Å². The van der Waals surface area contributed by atoms with Gasteiger partial charge in [-0.1, -0.05) is 12.1 Å². The van der Waals surface area contributed by atoms with Gasteiger partial charge in [0.25, 0.3) is 0 Å². The van der Waals surface area contributed by atoms with Crippen LogP contribution in [0.2, 0.25) is 0 Å². The number of aryl methyl sites for hydroxylation is 2. The highest BCUT2D eigenvalue weighted by atomic mass is 15.3. The summed E-state index contributed by atoms with van der Waals surface area (Å²) in [7, 11) is 0. The number of hydrogen-bond donors (Lipinski definition) is 1. The lowest BCUT2D eigenvalue weighted by Crippen LogP contribution is -1.90. The van der Waals surface area contributed by atoms with Crippen LogP contribution >= 0.6 is 0 Å². The van der Waals surface area contributed by atoms with E-state index in [2.05, 4.69) is 29.4 Å². The van der Waals surface area contributed by atoms with Gasteiger partial charge in [0.05, 0.1) is 5.69 Å². The fourth-order valence-electron chi connectivity index (χ4n) is 0.941. The summed E-state index contributed by atoms with van der Waals surface area (Å²) >= 11 is 0. The van der Waals surface area contributed by atoms with E-state index in [1.165, 1.54) is 11.1 Å². The lowest BCUT2D eigenvalue weighted by Gasteiger charge is -2.04. The number of hydrogen-bond acceptors (Lipinski definition) is 2. The molecule has 0 aromatic heterocycles. The zero-order valence-electron chi connectivity index (χ0n) is 6.89. The van der Waals surface area contributed by atoms with Crippen LogP contribution in [0.3, 0.4) is 0 Å². The smallest absolute Gasteiger partial charge is 0.0593 e. The molecular formula is C9H12N2. The Balaban J connectivity index is 3.01. The van der Waals surface area contributed by atoms with Crippen molar-refractivity contribution in [3.8, 4) is 0 Å². The van der Waals surface area contributed by atoms with Gasteiger partial charge in [0.1, 0.15) is 0 Å². The van der Waals surface area contributed by atoms with E-state index in [4.69, 9.17) is 0 Å². The number of hydrazone groups is 1. The second-order valence-corrected chi connectivity index (χ2v) is 2.59. The molecule has 0 radical (unpaired) electrons. The Morgan fingerprint density at radius 1 is 1.36 bits per heavy atom. The lowest BCUT2D eigenvalue weighted by atomic mass is 10.1. The van der Waals surface area contributed by atoms with Gasteiger partial charge in [-0.15, -0.1) is 0 Å². The highest BCUT2D eigenvalue weighted by molar-refractivity contribution is 5.52. The van der Waals surface area contributed by atoms with Crippen molar-refractivity contribution in [2.45, 2.75) is 13.8 Å². The molecule has 0 spiro atoms. The van der Waals surface area contributed by atoms with E-state index in [9.17, 15) is 0 Å². The molecule has 1 aromatic rings. The van der Waals surface area contributed by atoms with Crippen molar-refractivity contribution in [2.75, 3.05) is 5.43 Å². The van der Waals surface area contributed by atoms with Crippen molar-refractivity contribution in [1.82, 2.24) is 0 Å². The molecule has 0 aliphatic rings. The molecule has 0 aliphatic carbocycles. The lowest BCUT2D eigenvalue weighted by molar-refractivity contribution is 1.30. The molecule has 0 amide bonds. The highest BCUT2D eigenvalue weighted by Crippen LogP contribution is 2.15. The van der Waals surface area contributed by atoms with Crippen LogP contribution in [-0.4, -0.2) is 6.72 Å². The molecule has 0 atom stereocenters. The molecule has 1 aromatic carbocycles. The highest BCUT2D eigenvalue weighted by Gasteiger charge is 1.94. The van der Waals surface area contributed by atoms with Crippen LogP contribution in [0.15, 0.2) is 23.3 Å². The predicted octanol–water partition coefficient (Wildman–Crippen LogP) is 2.33. The minimum absolute atomic E-state index is 1.03. The Hall–Kier alpha value is -1.31. The van der Waals surface area contributed by atoms with Gasteiger partial charge in [0.15, 0.2) is 0 Å². The van der Waals surface area contributed by atoms with Crippen LogP contribution in [0.5, 0.6) is 0 Å². The molecule has 0 heterocycles. The number of nitrogens with one attached hydrogen (secondary N) is 1. The predicted molar refractivity (Wildman–Crippen MR) is 49.1 cm³/mol. The fourth-order valence-corrected chi connectivity index (χ4v) is 0.941. The summed E-state index contributed by atoms with van der Waals surface area (Å²) in [5, 5.41) is 3.61. The first-order valence-electron chi connectivity index (χ1n) is 3.53. The Morgan fingerprint density at radius 3 is 2.73 bits per heavy atom. The average Bonchev–Trinajstić information content (AvgIpc) is 1.98. The van der Waals surface area contributed by atoms with Crippen LogP contribution in [0.4, 0.5) is 5.69 Å². The van der Waals surface area contributed by atoms with Crippen LogP contribution in [0, 0.1) is 13.8 Å². The zero-order valence-corrected chi connectivity index (χ0v) is 6.89. The normalized spacial score (nSPS) is 9.27. The molecule has 1 rings (SSSR count). The van der Waals surface area contributed by atoms with Crippen LogP contribution < -0.4 is 5.43 Å². The first kappa shape index (κ1) is 7.79. The van der Waals surface area contributed by atoms with Gasteiger partial charge in [-0.05, 0) is 31.0 Å². The summed E-state index contributed by atoms with van der Waals surface area (Å²) < 4.78 is 0. The summed E-state index contributed by atoms with van der Waals surface area (Å²) in [6.45, 7) is 7.45. The molecule has 2 nitrogen and oxygen atoms in total. The van der Waals surface area contributed by atoms with E-state index in [-0.39, 0.29) is 0 Å². The first-order chi connectivity index (χ1) is 5.24. The van der Waals surface area contributed by atoms with Crippen molar-refractivity contribution >= 4 is 12.4 Å². The van der Waals surface area contributed by atoms with Crippen LogP contribution in [0.1, 0.15) is 11.1 Å². The van der Waals surface area contributed by atoms with E-state index in [1.807, 2.05) is 19.9 Å². The van der Waals surface area contributed by atoms with Crippen molar-refractivity contribution in [3.05, 3.63) is 29.3 Å². The molecule has 0 saturated heterocycles. The Morgan fingerprint density at radius 2 is 2.09 bits per heavy atom. The minimum Gasteiger partial charge on any atom is -0.279 e. The summed E-state index contributed by atoms with van der Waals surface area (Å²) in [6.07, 6.45) is 0. The molecule has 0 aliphatic heterocycles. The van der Waals surface area contributed by atoms with Crippen molar-refractivity contribution < 1.29 is 0 Å². The standard InChI is InChI=1S/C9H12N2/c1-7-4-5-8(2)9(6-7)11-10-3/h4-6,11H,3H2,1-2H3. The SMILES string of the molecule is C=NNc1cc(C)ccc1C. The molecule has 0 saturated carbocycles. The second-order valence-electron chi connectivity index (χ2n) is 2.59. The Labute approximate surface area is 66.9 Å². The van der Waals surface area contributed by atoms with Gasteiger partial charge in [0.2, 0.25) is 0 Å². The number of rotatable bonds is 2. The van der Waals surface area contributed by atoms with E-state index in [0.717, 1.165) is 5.69 Å². The van der Waals surface area contributed by atoms with E-state index < -0.39 is 0 Å². The first-order valence-corrected chi connectivity index (χ1v) is 3.53. The number of anilines is 1. The molecule has 2 heteroatoms. The van der Waals surface area contributed by atoms with Gasteiger partial charge in [-0.25, -0.2) is 0 Å². The van der Waals surface area contributed by atoms with Crippen molar-refractivity contribution in [1.29, 1.82) is 0 Å². The molecule has 0 bridgehead atoms. The maximum absolute atomic E-state index is 3.61.